The lowest BCUT2D eigenvalue weighted by Gasteiger charge is -2.31. The molecule has 1 aromatic carbocycles. The Kier molecular flexibility index (Phi) is 4.80. The van der Waals surface area contributed by atoms with Crippen molar-refractivity contribution >= 4 is 5.91 Å². The Morgan fingerprint density at radius 2 is 1.95 bits per heavy atom. The van der Waals surface area contributed by atoms with E-state index < -0.39 is 0 Å². The molecule has 0 unspecified atom stereocenters. The van der Waals surface area contributed by atoms with Crippen molar-refractivity contribution in [2.45, 2.75) is 19.4 Å². The molecule has 1 aliphatic heterocycles. The fourth-order valence-electron chi connectivity index (χ4n) is 2.55. The van der Waals surface area contributed by atoms with Gasteiger partial charge in [0.15, 0.2) is 0 Å². The van der Waals surface area contributed by atoms with Gasteiger partial charge in [0.2, 0.25) is 5.91 Å². The van der Waals surface area contributed by atoms with Gasteiger partial charge < -0.3 is 10.1 Å². The van der Waals surface area contributed by atoms with Gasteiger partial charge in [-0.15, -0.1) is 0 Å². The molecule has 0 spiro atoms. The van der Waals surface area contributed by atoms with E-state index in [0.717, 1.165) is 38.2 Å². The van der Waals surface area contributed by atoms with E-state index in [4.69, 9.17) is 4.74 Å². The van der Waals surface area contributed by atoms with Crippen molar-refractivity contribution in [3.8, 4) is 5.75 Å². The van der Waals surface area contributed by atoms with Crippen molar-refractivity contribution < 1.29 is 9.53 Å². The van der Waals surface area contributed by atoms with Gasteiger partial charge in [-0.3, -0.25) is 9.69 Å². The Morgan fingerprint density at radius 3 is 2.47 bits per heavy atom. The second kappa shape index (κ2) is 6.57. The van der Waals surface area contributed by atoms with Crippen LogP contribution in [0.2, 0.25) is 0 Å². The summed E-state index contributed by atoms with van der Waals surface area (Å²) >= 11 is 0. The topological polar surface area (TPSA) is 41.6 Å². The van der Waals surface area contributed by atoms with Crippen LogP contribution in [-0.4, -0.2) is 38.1 Å². The highest BCUT2D eigenvalue weighted by Crippen LogP contribution is 2.20. The van der Waals surface area contributed by atoms with Crippen LogP contribution in [0.25, 0.3) is 0 Å². The zero-order valence-corrected chi connectivity index (χ0v) is 11.7. The van der Waals surface area contributed by atoms with Gasteiger partial charge in [-0.25, -0.2) is 0 Å². The van der Waals surface area contributed by atoms with Crippen LogP contribution in [0.5, 0.6) is 5.75 Å². The summed E-state index contributed by atoms with van der Waals surface area (Å²) in [5.41, 5.74) is 1.29. The number of hydrogen-bond donors (Lipinski definition) is 1. The minimum atomic E-state index is 0.184. The van der Waals surface area contributed by atoms with Crippen molar-refractivity contribution in [3.63, 3.8) is 0 Å². The molecule has 1 amide bonds. The van der Waals surface area contributed by atoms with E-state index in [0.29, 0.717) is 0 Å². The lowest BCUT2D eigenvalue weighted by Crippen LogP contribution is -2.39. The predicted molar refractivity (Wildman–Crippen MR) is 75.1 cm³/mol. The zero-order valence-electron chi connectivity index (χ0n) is 11.7. The molecule has 1 aliphatic rings. The van der Waals surface area contributed by atoms with Crippen LogP contribution in [0.1, 0.15) is 18.4 Å². The molecule has 4 nitrogen and oxygen atoms in total. The summed E-state index contributed by atoms with van der Waals surface area (Å²) in [4.78, 5) is 14.0. The van der Waals surface area contributed by atoms with Crippen LogP contribution in [0, 0.1) is 5.92 Å². The third kappa shape index (κ3) is 3.70. The molecule has 0 aliphatic carbocycles. The number of amides is 1. The number of benzene rings is 1. The number of carbonyl (C=O) groups excluding carboxylic acids is 1. The molecule has 0 saturated carbocycles. The SMILES string of the molecule is CNC(=O)C1CCN(Cc2ccc(OC)cc2)CC1. The lowest BCUT2D eigenvalue weighted by molar-refractivity contribution is -0.125. The number of carbonyl (C=O) groups is 1. The molecule has 1 N–H and O–H groups in total. The molecule has 0 radical (unpaired) electrons. The van der Waals surface area contributed by atoms with Crippen molar-refractivity contribution in [3.05, 3.63) is 29.8 Å². The summed E-state index contributed by atoms with van der Waals surface area (Å²) < 4.78 is 5.15. The molecule has 4 heteroatoms. The monoisotopic (exact) mass is 262 g/mol. The van der Waals surface area contributed by atoms with Crippen LogP contribution in [0.15, 0.2) is 24.3 Å². The van der Waals surface area contributed by atoms with Gasteiger partial charge in [-0.2, -0.15) is 0 Å². The Balaban J connectivity index is 1.83. The van der Waals surface area contributed by atoms with Crippen LogP contribution in [0.4, 0.5) is 0 Å². The zero-order chi connectivity index (χ0) is 13.7. The molecule has 1 fully saturated rings. The van der Waals surface area contributed by atoms with E-state index in [9.17, 15) is 4.79 Å². The smallest absolute Gasteiger partial charge is 0.222 e. The molecule has 19 heavy (non-hydrogen) atoms. The van der Waals surface area contributed by atoms with E-state index in [2.05, 4.69) is 22.3 Å². The third-order valence-electron chi connectivity index (χ3n) is 3.77. The van der Waals surface area contributed by atoms with Crippen molar-refractivity contribution in [1.29, 1.82) is 0 Å². The summed E-state index contributed by atoms with van der Waals surface area (Å²) in [7, 11) is 3.39. The minimum absolute atomic E-state index is 0.184. The summed E-state index contributed by atoms with van der Waals surface area (Å²) in [5, 5.41) is 2.74. The third-order valence-corrected chi connectivity index (χ3v) is 3.77. The maximum absolute atomic E-state index is 11.6. The van der Waals surface area contributed by atoms with E-state index in [1.54, 1.807) is 14.2 Å². The average Bonchev–Trinajstić information content (AvgIpc) is 2.48. The molecule has 2 rings (SSSR count). The first-order valence-corrected chi connectivity index (χ1v) is 6.80. The van der Waals surface area contributed by atoms with Crippen LogP contribution >= 0.6 is 0 Å². The fraction of sp³-hybridized carbons (Fsp3) is 0.533. The largest absolute Gasteiger partial charge is 0.497 e. The van der Waals surface area contributed by atoms with Gasteiger partial charge in [-0.1, -0.05) is 12.1 Å². The van der Waals surface area contributed by atoms with E-state index in [1.807, 2.05) is 12.1 Å². The number of methoxy groups -OCH3 is 1. The predicted octanol–water partition coefficient (Wildman–Crippen LogP) is 1.65. The maximum Gasteiger partial charge on any atom is 0.222 e. The number of nitrogens with one attached hydrogen (secondary N) is 1. The highest BCUT2D eigenvalue weighted by molar-refractivity contribution is 5.78. The fourth-order valence-corrected chi connectivity index (χ4v) is 2.55. The summed E-state index contributed by atoms with van der Waals surface area (Å²) in [6.45, 7) is 2.93. The highest BCUT2D eigenvalue weighted by atomic mass is 16.5. The number of hydrogen-bond acceptors (Lipinski definition) is 3. The Hall–Kier alpha value is -1.55. The van der Waals surface area contributed by atoms with Gasteiger partial charge in [0.1, 0.15) is 5.75 Å². The molecule has 104 valence electrons. The molecular weight excluding hydrogens is 240 g/mol. The standard InChI is InChI=1S/C15H22N2O2/c1-16-15(18)13-7-9-17(10-8-13)11-12-3-5-14(19-2)6-4-12/h3-6,13H,7-11H2,1-2H3,(H,16,18). The molecular formula is C15H22N2O2. The second-order valence-electron chi connectivity index (χ2n) is 5.01. The Bertz CT molecular complexity index is 409. The van der Waals surface area contributed by atoms with Gasteiger partial charge in [0.05, 0.1) is 7.11 Å². The number of nitrogens with zero attached hydrogens (tertiary/aromatic N) is 1. The summed E-state index contributed by atoms with van der Waals surface area (Å²) in [6.07, 6.45) is 1.91. The first kappa shape index (κ1) is 13.9. The molecule has 0 aromatic heterocycles. The van der Waals surface area contributed by atoms with E-state index >= 15 is 0 Å². The quantitative estimate of drug-likeness (QED) is 0.897. The number of ether oxygens (including phenoxy) is 1. The number of rotatable bonds is 4. The van der Waals surface area contributed by atoms with Crippen molar-refractivity contribution in [2.75, 3.05) is 27.2 Å². The van der Waals surface area contributed by atoms with Crippen LogP contribution in [0.3, 0.4) is 0 Å². The van der Waals surface area contributed by atoms with Gasteiger partial charge in [-0.05, 0) is 43.6 Å². The highest BCUT2D eigenvalue weighted by Gasteiger charge is 2.23. The lowest BCUT2D eigenvalue weighted by atomic mass is 9.95. The van der Waals surface area contributed by atoms with Gasteiger partial charge in [0.25, 0.3) is 0 Å². The molecule has 0 bridgehead atoms. The second-order valence-corrected chi connectivity index (χ2v) is 5.01. The Labute approximate surface area is 114 Å². The summed E-state index contributed by atoms with van der Waals surface area (Å²) in [5.74, 6) is 1.27. The number of likely N-dealkylation sites (tertiary alicyclic amines) is 1. The van der Waals surface area contributed by atoms with E-state index in [1.165, 1.54) is 5.56 Å². The van der Waals surface area contributed by atoms with Crippen LogP contribution < -0.4 is 10.1 Å². The van der Waals surface area contributed by atoms with Crippen molar-refractivity contribution in [1.82, 2.24) is 10.2 Å². The number of piperidine rings is 1. The van der Waals surface area contributed by atoms with Crippen LogP contribution in [-0.2, 0) is 11.3 Å². The minimum Gasteiger partial charge on any atom is -0.497 e. The molecule has 1 heterocycles. The first-order valence-electron chi connectivity index (χ1n) is 6.80. The Morgan fingerprint density at radius 1 is 1.32 bits per heavy atom. The average molecular weight is 262 g/mol. The maximum atomic E-state index is 11.6. The first-order chi connectivity index (χ1) is 9.22. The molecule has 1 saturated heterocycles. The summed E-state index contributed by atoms with van der Waals surface area (Å²) in [6, 6.07) is 8.19. The van der Waals surface area contributed by atoms with E-state index in [-0.39, 0.29) is 11.8 Å². The molecule has 1 aromatic rings. The molecule has 0 atom stereocenters. The van der Waals surface area contributed by atoms with Gasteiger partial charge in [0, 0.05) is 19.5 Å². The van der Waals surface area contributed by atoms with Gasteiger partial charge >= 0.3 is 0 Å². The normalized spacial score (nSPS) is 17.2. The van der Waals surface area contributed by atoms with Crippen molar-refractivity contribution in [2.24, 2.45) is 5.92 Å².